The number of benzene rings is 3. The zero-order valence-electron chi connectivity index (χ0n) is 16.7. The molecule has 5 nitrogen and oxygen atoms in total. The van der Waals surface area contributed by atoms with Crippen molar-refractivity contribution in [2.45, 2.75) is 13.0 Å². The molecule has 1 amide bonds. The summed E-state index contributed by atoms with van der Waals surface area (Å²) in [4.78, 5) is 27.6. The third kappa shape index (κ3) is 3.35. The van der Waals surface area contributed by atoms with E-state index in [1.165, 1.54) is 4.90 Å². The number of carbonyl (C=O) groups is 2. The molecule has 0 saturated carbocycles. The number of nitrogens with zero attached hydrogens (tertiary/aromatic N) is 1. The first-order valence-electron chi connectivity index (χ1n) is 9.58. The lowest BCUT2D eigenvalue weighted by molar-refractivity contribution is -0.132. The quantitative estimate of drug-likeness (QED) is 0.395. The van der Waals surface area contributed by atoms with Gasteiger partial charge in [-0.25, -0.2) is 0 Å². The van der Waals surface area contributed by atoms with Crippen molar-refractivity contribution in [2.24, 2.45) is 0 Å². The summed E-state index contributed by atoms with van der Waals surface area (Å²) in [5, 5.41) is 11.0. The maximum Gasteiger partial charge on any atom is 0.300 e. The Morgan fingerprint density at radius 1 is 0.933 bits per heavy atom. The van der Waals surface area contributed by atoms with Crippen LogP contribution in [0.25, 0.3) is 5.76 Å². The topological polar surface area (TPSA) is 66.8 Å². The van der Waals surface area contributed by atoms with E-state index in [2.05, 4.69) is 0 Å². The largest absolute Gasteiger partial charge is 0.507 e. The molecule has 0 unspecified atom stereocenters. The molecule has 5 heteroatoms. The third-order valence-electron chi connectivity index (χ3n) is 5.20. The van der Waals surface area contributed by atoms with E-state index in [0.29, 0.717) is 22.6 Å². The predicted molar refractivity (Wildman–Crippen MR) is 115 cm³/mol. The van der Waals surface area contributed by atoms with Gasteiger partial charge in [0.15, 0.2) is 0 Å². The van der Waals surface area contributed by atoms with Crippen LogP contribution < -0.4 is 9.64 Å². The van der Waals surface area contributed by atoms with Crippen molar-refractivity contribution in [2.75, 3.05) is 12.0 Å². The highest BCUT2D eigenvalue weighted by atomic mass is 16.5. The van der Waals surface area contributed by atoms with Crippen LogP contribution in [-0.4, -0.2) is 23.9 Å². The van der Waals surface area contributed by atoms with Crippen LogP contribution in [0, 0.1) is 6.92 Å². The summed E-state index contributed by atoms with van der Waals surface area (Å²) in [5.41, 5.74) is 2.82. The number of rotatable bonds is 4. The molecule has 3 aromatic rings. The lowest BCUT2D eigenvalue weighted by atomic mass is 9.95. The zero-order chi connectivity index (χ0) is 21.3. The van der Waals surface area contributed by atoms with E-state index in [0.717, 1.165) is 5.56 Å². The van der Waals surface area contributed by atoms with Crippen LogP contribution in [-0.2, 0) is 9.59 Å². The monoisotopic (exact) mass is 399 g/mol. The average Bonchev–Trinajstić information content (AvgIpc) is 3.04. The van der Waals surface area contributed by atoms with Crippen molar-refractivity contribution in [3.63, 3.8) is 0 Å². The number of aryl methyl sites for hydroxylation is 1. The molecule has 4 rings (SSSR count). The maximum absolute atomic E-state index is 13.1. The van der Waals surface area contributed by atoms with E-state index in [1.54, 1.807) is 61.7 Å². The molecular weight excluding hydrogens is 378 g/mol. The first-order valence-corrected chi connectivity index (χ1v) is 9.58. The molecule has 1 N–H and O–H groups in total. The van der Waals surface area contributed by atoms with Gasteiger partial charge in [0.2, 0.25) is 0 Å². The predicted octanol–water partition coefficient (Wildman–Crippen LogP) is 4.63. The summed E-state index contributed by atoms with van der Waals surface area (Å²) in [6.07, 6.45) is 0. The second kappa shape index (κ2) is 7.87. The average molecular weight is 399 g/mol. The molecule has 1 fully saturated rings. The van der Waals surface area contributed by atoms with E-state index >= 15 is 0 Å². The fourth-order valence-corrected chi connectivity index (χ4v) is 3.73. The van der Waals surface area contributed by atoms with Gasteiger partial charge in [-0.1, -0.05) is 54.6 Å². The minimum Gasteiger partial charge on any atom is -0.507 e. The molecule has 1 saturated heterocycles. The standard InChI is InChI=1S/C25H21NO4/c1-16-7-6-10-19(15-16)26-22(17-11-13-20(30-2)14-12-17)21(24(28)25(26)29)23(27)18-8-4-3-5-9-18/h3-15,22,27H,1-2H3/t22-/m0/s1. The van der Waals surface area contributed by atoms with Crippen molar-refractivity contribution in [3.8, 4) is 5.75 Å². The Morgan fingerprint density at radius 3 is 2.27 bits per heavy atom. The summed E-state index contributed by atoms with van der Waals surface area (Å²) in [5.74, 6) is -0.906. The van der Waals surface area contributed by atoms with Gasteiger partial charge in [-0.2, -0.15) is 0 Å². The summed E-state index contributed by atoms with van der Waals surface area (Å²) < 4.78 is 5.24. The number of aliphatic hydroxyl groups is 1. The molecule has 1 aliphatic heterocycles. The molecule has 1 atom stereocenters. The number of hydrogen-bond acceptors (Lipinski definition) is 4. The van der Waals surface area contributed by atoms with Gasteiger partial charge in [0, 0.05) is 11.3 Å². The molecular formula is C25H21NO4. The van der Waals surface area contributed by atoms with Crippen molar-refractivity contribution in [1.82, 2.24) is 0 Å². The highest BCUT2D eigenvalue weighted by Gasteiger charge is 2.46. The number of Topliss-reactive ketones (excluding diaryl/α,β-unsaturated/α-hetero) is 1. The Bertz CT molecular complexity index is 1130. The van der Waals surface area contributed by atoms with Crippen molar-refractivity contribution >= 4 is 23.1 Å². The number of methoxy groups -OCH3 is 1. The number of aliphatic hydroxyl groups excluding tert-OH is 1. The second-order valence-electron chi connectivity index (χ2n) is 7.15. The van der Waals surface area contributed by atoms with Gasteiger partial charge in [0.05, 0.1) is 18.7 Å². The van der Waals surface area contributed by atoms with Crippen LogP contribution in [0.5, 0.6) is 5.75 Å². The Labute approximate surface area is 174 Å². The number of hydrogen-bond donors (Lipinski definition) is 1. The van der Waals surface area contributed by atoms with Crippen molar-refractivity contribution in [1.29, 1.82) is 0 Å². The minimum absolute atomic E-state index is 0.0675. The van der Waals surface area contributed by atoms with Gasteiger partial charge in [0.1, 0.15) is 11.5 Å². The lowest BCUT2D eigenvalue weighted by Gasteiger charge is -2.26. The van der Waals surface area contributed by atoms with Gasteiger partial charge >= 0.3 is 0 Å². The molecule has 0 aromatic heterocycles. The number of ketones is 1. The van der Waals surface area contributed by atoms with Gasteiger partial charge < -0.3 is 9.84 Å². The van der Waals surface area contributed by atoms with Crippen LogP contribution in [0.2, 0.25) is 0 Å². The normalized spacial score (nSPS) is 17.9. The molecule has 150 valence electrons. The van der Waals surface area contributed by atoms with Crippen LogP contribution in [0.15, 0.2) is 84.4 Å². The van der Waals surface area contributed by atoms with Gasteiger partial charge in [-0.3, -0.25) is 14.5 Å². The lowest BCUT2D eigenvalue weighted by Crippen LogP contribution is -2.29. The van der Waals surface area contributed by atoms with E-state index in [9.17, 15) is 14.7 Å². The van der Waals surface area contributed by atoms with Gasteiger partial charge in [-0.05, 0) is 42.3 Å². The van der Waals surface area contributed by atoms with Crippen LogP contribution in [0.3, 0.4) is 0 Å². The Morgan fingerprint density at radius 2 is 1.63 bits per heavy atom. The molecule has 3 aromatic carbocycles. The SMILES string of the molecule is COc1ccc([C@H]2C(=C(O)c3ccccc3)C(=O)C(=O)N2c2cccc(C)c2)cc1. The summed E-state index contributed by atoms with van der Waals surface area (Å²) in [6.45, 7) is 1.92. The van der Waals surface area contributed by atoms with E-state index in [4.69, 9.17) is 4.74 Å². The minimum atomic E-state index is -0.752. The van der Waals surface area contributed by atoms with E-state index < -0.39 is 17.7 Å². The molecule has 0 spiro atoms. The van der Waals surface area contributed by atoms with E-state index in [-0.39, 0.29) is 11.3 Å². The summed E-state index contributed by atoms with van der Waals surface area (Å²) in [6, 6.07) is 22.6. The van der Waals surface area contributed by atoms with Crippen LogP contribution in [0.4, 0.5) is 5.69 Å². The Balaban J connectivity index is 1.94. The number of amides is 1. The molecule has 0 aliphatic carbocycles. The van der Waals surface area contributed by atoms with Gasteiger partial charge in [-0.15, -0.1) is 0 Å². The fraction of sp³-hybridized carbons (Fsp3) is 0.120. The van der Waals surface area contributed by atoms with E-state index in [1.807, 2.05) is 31.2 Å². The van der Waals surface area contributed by atoms with Gasteiger partial charge in [0.25, 0.3) is 11.7 Å². The molecule has 0 radical (unpaired) electrons. The Hall–Kier alpha value is -3.86. The maximum atomic E-state index is 13.1. The fourth-order valence-electron chi connectivity index (χ4n) is 3.73. The molecule has 1 aliphatic rings. The van der Waals surface area contributed by atoms with Crippen LogP contribution >= 0.6 is 0 Å². The third-order valence-corrected chi connectivity index (χ3v) is 5.20. The molecule has 1 heterocycles. The number of anilines is 1. The number of ether oxygens (including phenoxy) is 1. The van der Waals surface area contributed by atoms with Crippen LogP contribution in [0.1, 0.15) is 22.7 Å². The first-order chi connectivity index (χ1) is 14.5. The molecule has 0 bridgehead atoms. The number of carbonyl (C=O) groups excluding carboxylic acids is 2. The molecule has 30 heavy (non-hydrogen) atoms. The zero-order valence-corrected chi connectivity index (χ0v) is 16.7. The second-order valence-corrected chi connectivity index (χ2v) is 7.15. The first kappa shape index (κ1) is 19.5. The summed E-state index contributed by atoms with van der Waals surface area (Å²) in [7, 11) is 1.57. The smallest absolute Gasteiger partial charge is 0.300 e. The highest BCUT2D eigenvalue weighted by Crippen LogP contribution is 2.42. The highest BCUT2D eigenvalue weighted by molar-refractivity contribution is 6.51. The van der Waals surface area contributed by atoms with Crippen molar-refractivity contribution < 1.29 is 19.4 Å². The Kier molecular flexibility index (Phi) is 5.11. The van der Waals surface area contributed by atoms with Crippen molar-refractivity contribution in [3.05, 3.63) is 101 Å². The summed E-state index contributed by atoms with van der Waals surface area (Å²) >= 11 is 0.